The first-order valence-electron chi connectivity index (χ1n) is 5.26. The van der Waals surface area contributed by atoms with Gasteiger partial charge in [-0.2, -0.15) is 5.53 Å². The van der Waals surface area contributed by atoms with E-state index in [-0.39, 0.29) is 0 Å². The van der Waals surface area contributed by atoms with Crippen LogP contribution in [-0.4, -0.2) is 11.6 Å². The SMILES string of the molecule is C/C=C\N(CCCCC(C)(C)C)N=N. The molecule has 0 aliphatic rings. The molecule has 0 bridgehead atoms. The van der Waals surface area contributed by atoms with Gasteiger partial charge in [0.1, 0.15) is 0 Å². The second-order valence-corrected chi connectivity index (χ2v) is 4.76. The molecule has 0 aromatic heterocycles. The van der Waals surface area contributed by atoms with Crippen LogP contribution in [0, 0.1) is 10.9 Å². The number of hydrogen-bond acceptors (Lipinski definition) is 2. The van der Waals surface area contributed by atoms with Gasteiger partial charge in [0.15, 0.2) is 0 Å². The molecule has 0 atom stereocenters. The van der Waals surface area contributed by atoms with Crippen LogP contribution in [0.5, 0.6) is 0 Å². The molecule has 0 saturated carbocycles. The summed E-state index contributed by atoms with van der Waals surface area (Å²) in [6, 6.07) is 0. The maximum absolute atomic E-state index is 6.92. The first kappa shape index (κ1) is 13.1. The first-order valence-corrected chi connectivity index (χ1v) is 5.26. The molecular weight excluding hydrogens is 174 g/mol. The summed E-state index contributed by atoms with van der Waals surface area (Å²) in [5, 5.41) is 5.08. The molecule has 0 aromatic carbocycles. The molecule has 0 radical (unpaired) electrons. The Bertz CT molecular complexity index is 179. The van der Waals surface area contributed by atoms with E-state index in [1.54, 1.807) is 5.01 Å². The van der Waals surface area contributed by atoms with E-state index in [0.29, 0.717) is 5.41 Å². The average Bonchev–Trinajstić information content (AvgIpc) is 2.08. The second kappa shape index (κ2) is 6.57. The van der Waals surface area contributed by atoms with E-state index in [1.807, 2.05) is 19.2 Å². The van der Waals surface area contributed by atoms with E-state index >= 15 is 0 Å². The number of nitrogens with one attached hydrogen (secondary N) is 1. The van der Waals surface area contributed by atoms with Crippen molar-refractivity contribution < 1.29 is 0 Å². The van der Waals surface area contributed by atoms with Crippen LogP contribution in [0.25, 0.3) is 0 Å². The topological polar surface area (TPSA) is 39.5 Å². The standard InChI is InChI=1S/C11H23N3/c1-5-9-14(13-12)10-7-6-8-11(2,3)4/h5,9,12H,6-8,10H2,1-4H3/b9-5-,13-12?. The van der Waals surface area contributed by atoms with E-state index in [4.69, 9.17) is 5.53 Å². The third kappa shape index (κ3) is 7.77. The predicted molar refractivity (Wildman–Crippen MR) is 60.0 cm³/mol. The maximum Gasteiger partial charge on any atom is 0.0425 e. The molecule has 3 heteroatoms. The predicted octanol–water partition coefficient (Wildman–Crippen LogP) is 3.98. The lowest BCUT2D eigenvalue weighted by Gasteiger charge is -2.18. The highest BCUT2D eigenvalue weighted by atomic mass is 15.5. The molecule has 0 fully saturated rings. The molecule has 0 spiro atoms. The average molecular weight is 197 g/mol. The molecule has 0 aromatic rings. The Morgan fingerprint density at radius 2 is 1.93 bits per heavy atom. The molecule has 1 N–H and O–H groups in total. The van der Waals surface area contributed by atoms with Crippen molar-refractivity contribution in [1.29, 1.82) is 5.53 Å². The van der Waals surface area contributed by atoms with E-state index in [9.17, 15) is 0 Å². The third-order valence-corrected chi connectivity index (χ3v) is 2.01. The van der Waals surface area contributed by atoms with Gasteiger partial charge in [-0.05, 0) is 25.2 Å². The first-order chi connectivity index (χ1) is 6.49. The fourth-order valence-electron chi connectivity index (χ4n) is 1.26. The van der Waals surface area contributed by atoms with Gasteiger partial charge in [0.05, 0.1) is 0 Å². The van der Waals surface area contributed by atoms with Gasteiger partial charge in [-0.3, -0.25) is 5.01 Å². The zero-order valence-corrected chi connectivity index (χ0v) is 9.88. The van der Waals surface area contributed by atoms with Gasteiger partial charge >= 0.3 is 0 Å². The van der Waals surface area contributed by atoms with Gasteiger partial charge < -0.3 is 0 Å². The van der Waals surface area contributed by atoms with Crippen molar-refractivity contribution in [2.75, 3.05) is 6.54 Å². The van der Waals surface area contributed by atoms with Gasteiger partial charge in [-0.25, -0.2) is 0 Å². The van der Waals surface area contributed by atoms with Crippen molar-refractivity contribution in [3.05, 3.63) is 12.3 Å². The van der Waals surface area contributed by atoms with Crippen LogP contribution in [0.15, 0.2) is 17.5 Å². The Morgan fingerprint density at radius 3 is 2.36 bits per heavy atom. The second-order valence-electron chi connectivity index (χ2n) is 4.76. The molecule has 82 valence electrons. The van der Waals surface area contributed by atoms with Gasteiger partial charge in [0.2, 0.25) is 0 Å². The van der Waals surface area contributed by atoms with Crippen LogP contribution < -0.4 is 0 Å². The van der Waals surface area contributed by atoms with Crippen LogP contribution in [0.2, 0.25) is 0 Å². The van der Waals surface area contributed by atoms with Crippen molar-refractivity contribution in [2.45, 2.75) is 47.0 Å². The van der Waals surface area contributed by atoms with Crippen LogP contribution in [0.4, 0.5) is 0 Å². The minimum Gasteiger partial charge on any atom is -0.255 e. The highest BCUT2D eigenvalue weighted by Gasteiger charge is 2.09. The summed E-state index contributed by atoms with van der Waals surface area (Å²) in [5.74, 6) is 0. The van der Waals surface area contributed by atoms with Crippen LogP contribution in [0.1, 0.15) is 47.0 Å². The molecule has 3 nitrogen and oxygen atoms in total. The molecule has 0 heterocycles. The smallest absolute Gasteiger partial charge is 0.0425 e. The van der Waals surface area contributed by atoms with Gasteiger partial charge in [-0.1, -0.05) is 38.5 Å². The number of allylic oxidation sites excluding steroid dienone is 1. The third-order valence-electron chi connectivity index (χ3n) is 2.01. The number of unbranched alkanes of at least 4 members (excludes halogenated alkanes) is 1. The summed E-state index contributed by atoms with van der Waals surface area (Å²) < 4.78 is 0. The summed E-state index contributed by atoms with van der Waals surface area (Å²) in [4.78, 5) is 0. The fourth-order valence-corrected chi connectivity index (χ4v) is 1.26. The zero-order chi connectivity index (χ0) is 11.0. The largest absolute Gasteiger partial charge is 0.255 e. The number of rotatable bonds is 6. The number of hydrogen-bond donors (Lipinski definition) is 1. The van der Waals surface area contributed by atoms with Gasteiger partial charge in [-0.15, -0.1) is 0 Å². The highest BCUT2D eigenvalue weighted by Crippen LogP contribution is 2.21. The van der Waals surface area contributed by atoms with Crippen molar-refractivity contribution in [1.82, 2.24) is 5.01 Å². The van der Waals surface area contributed by atoms with Gasteiger partial charge in [0, 0.05) is 12.7 Å². The quantitative estimate of drug-likeness (QED) is 0.390. The monoisotopic (exact) mass is 197 g/mol. The van der Waals surface area contributed by atoms with Crippen molar-refractivity contribution in [2.24, 2.45) is 10.6 Å². The van der Waals surface area contributed by atoms with Gasteiger partial charge in [0.25, 0.3) is 0 Å². The van der Waals surface area contributed by atoms with Crippen LogP contribution in [0.3, 0.4) is 0 Å². The lowest BCUT2D eigenvalue weighted by Crippen LogP contribution is -2.11. The lowest BCUT2D eigenvalue weighted by molar-refractivity contribution is 0.317. The lowest BCUT2D eigenvalue weighted by atomic mass is 9.90. The van der Waals surface area contributed by atoms with E-state index in [2.05, 4.69) is 26.0 Å². The molecule has 0 aliphatic heterocycles. The molecule has 0 amide bonds. The molecule has 0 aliphatic carbocycles. The maximum atomic E-state index is 6.92. The fraction of sp³-hybridized carbons (Fsp3) is 0.818. The summed E-state index contributed by atoms with van der Waals surface area (Å²) in [6.07, 6.45) is 7.28. The molecule has 14 heavy (non-hydrogen) atoms. The summed E-state index contributed by atoms with van der Waals surface area (Å²) >= 11 is 0. The molecular formula is C11H23N3. The summed E-state index contributed by atoms with van der Waals surface area (Å²) in [6.45, 7) is 9.56. The van der Waals surface area contributed by atoms with Crippen molar-refractivity contribution in [3.8, 4) is 0 Å². The Morgan fingerprint density at radius 1 is 1.29 bits per heavy atom. The summed E-state index contributed by atoms with van der Waals surface area (Å²) in [7, 11) is 0. The van der Waals surface area contributed by atoms with Crippen molar-refractivity contribution in [3.63, 3.8) is 0 Å². The van der Waals surface area contributed by atoms with E-state index in [1.165, 1.54) is 12.8 Å². The van der Waals surface area contributed by atoms with Crippen LogP contribution >= 0.6 is 0 Å². The molecule has 0 rings (SSSR count). The van der Waals surface area contributed by atoms with E-state index < -0.39 is 0 Å². The Balaban J connectivity index is 3.57. The van der Waals surface area contributed by atoms with Crippen LogP contribution in [-0.2, 0) is 0 Å². The minimum atomic E-state index is 0.420. The Kier molecular flexibility index (Phi) is 6.17. The Hall–Kier alpha value is -0.860. The van der Waals surface area contributed by atoms with E-state index in [0.717, 1.165) is 13.0 Å². The number of nitrogens with zero attached hydrogens (tertiary/aromatic N) is 2. The summed E-state index contributed by atoms with van der Waals surface area (Å²) in [5.41, 5.74) is 7.34. The Labute approximate surface area is 87.7 Å². The zero-order valence-electron chi connectivity index (χ0n) is 9.88. The molecule has 0 unspecified atom stereocenters. The molecule has 0 saturated heterocycles. The normalized spacial score (nSPS) is 12.0. The highest BCUT2D eigenvalue weighted by molar-refractivity contribution is 4.75. The minimum absolute atomic E-state index is 0.420. The van der Waals surface area contributed by atoms with Crippen molar-refractivity contribution >= 4 is 0 Å².